The zero-order valence-electron chi connectivity index (χ0n) is 10.9. The lowest BCUT2D eigenvalue weighted by Gasteiger charge is -2.16. The van der Waals surface area contributed by atoms with Crippen LogP contribution in [-0.2, 0) is 4.84 Å². The summed E-state index contributed by atoms with van der Waals surface area (Å²) in [5.41, 5.74) is 3.69. The lowest BCUT2D eigenvalue weighted by molar-refractivity contribution is 0.00367. The van der Waals surface area contributed by atoms with Crippen LogP contribution in [0.15, 0.2) is 18.2 Å². The molecule has 2 N–H and O–H groups in total. The van der Waals surface area contributed by atoms with Crippen molar-refractivity contribution in [3.05, 3.63) is 23.8 Å². The van der Waals surface area contributed by atoms with Gasteiger partial charge in [0.1, 0.15) is 11.5 Å². The summed E-state index contributed by atoms with van der Waals surface area (Å²) < 4.78 is 5.03. The van der Waals surface area contributed by atoms with Crippen LogP contribution in [0.5, 0.6) is 11.5 Å². The minimum absolute atomic E-state index is 0.0698. The number of benzene rings is 1. The first-order chi connectivity index (χ1) is 8.04. The maximum atomic E-state index is 9.83. The first-order valence-electron chi connectivity index (χ1n) is 5.78. The van der Waals surface area contributed by atoms with E-state index in [1.54, 1.807) is 13.2 Å². The van der Waals surface area contributed by atoms with Crippen molar-refractivity contribution in [1.29, 1.82) is 0 Å². The quantitative estimate of drug-likeness (QED) is 0.749. The number of hydrogen-bond donors (Lipinski definition) is 2. The monoisotopic (exact) mass is 239 g/mol. The fourth-order valence-corrected chi connectivity index (χ4v) is 1.42. The molecule has 0 aromatic heterocycles. The predicted octanol–water partition coefficient (Wildman–Crippen LogP) is 2.64. The Morgan fingerprint density at radius 2 is 2.00 bits per heavy atom. The van der Waals surface area contributed by atoms with Gasteiger partial charge in [-0.2, -0.15) is 5.48 Å². The number of rotatable bonds is 6. The molecule has 1 atom stereocenters. The molecule has 4 heteroatoms. The topological polar surface area (TPSA) is 50.7 Å². The van der Waals surface area contributed by atoms with Crippen molar-refractivity contribution in [1.82, 2.24) is 5.48 Å². The second-order valence-corrected chi connectivity index (χ2v) is 4.47. The standard InChI is InChI=1S/C13H21NO3/c1-9(2)8-17-14-10(3)12-6-5-11(16-4)7-13(12)15/h5-7,9-10,14-15H,8H2,1-4H3. The zero-order chi connectivity index (χ0) is 12.8. The molecule has 0 saturated carbocycles. The summed E-state index contributed by atoms with van der Waals surface area (Å²) in [4.78, 5) is 5.33. The van der Waals surface area contributed by atoms with Gasteiger partial charge in [-0.3, -0.25) is 0 Å². The fraction of sp³-hybridized carbons (Fsp3) is 0.538. The molecule has 0 spiro atoms. The molecule has 96 valence electrons. The Labute approximate surface area is 103 Å². The van der Waals surface area contributed by atoms with Crippen LogP contribution >= 0.6 is 0 Å². The average Bonchev–Trinajstić information content (AvgIpc) is 2.28. The van der Waals surface area contributed by atoms with Gasteiger partial charge in [0, 0.05) is 11.6 Å². The summed E-state index contributed by atoms with van der Waals surface area (Å²) in [5.74, 6) is 1.32. The van der Waals surface area contributed by atoms with Gasteiger partial charge in [-0.05, 0) is 18.9 Å². The van der Waals surface area contributed by atoms with E-state index < -0.39 is 0 Å². The van der Waals surface area contributed by atoms with E-state index in [2.05, 4.69) is 19.3 Å². The summed E-state index contributed by atoms with van der Waals surface area (Å²) in [6, 6.07) is 5.16. The highest BCUT2D eigenvalue weighted by molar-refractivity contribution is 5.41. The lowest BCUT2D eigenvalue weighted by atomic mass is 10.1. The Kier molecular flexibility index (Phi) is 5.25. The molecule has 0 aliphatic carbocycles. The largest absolute Gasteiger partial charge is 0.507 e. The van der Waals surface area contributed by atoms with E-state index >= 15 is 0 Å². The van der Waals surface area contributed by atoms with Gasteiger partial charge in [-0.25, -0.2) is 0 Å². The smallest absolute Gasteiger partial charge is 0.124 e. The first kappa shape index (κ1) is 13.8. The minimum Gasteiger partial charge on any atom is -0.507 e. The summed E-state index contributed by atoms with van der Waals surface area (Å²) in [6.45, 7) is 6.73. The molecule has 4 nitrogen and oxygen atoms in total. The van der Waals surface area contributed by atoms with Crippen molar-refractivity contribution in [2.45, 2.75) is 26.8 Å². The van der Waals surface area contributed by atoms with Crippen molar-refractivity contribution in [2.75, 3.05) is 13.7 Å². The van der Waals surface area contributed by atoms with Crippen molar-refractivity contribution >= 4 is 0 Å². The van der Waals surface area contributed by atoms with Gasteiger partial charge in [0.15, 0.2) is 0 Å². The van der Waals surface area contributed by atoms with Crippen LogP contribution in [-0.4, -0.2) is 18.8 Å². The molecule has 0 aliphatic rings. The Balaban J connectivity index is 2.59. The first-order valence-corrected chi connectivity index (χ1v) is 5.78. The number of aromatic hydroxyl groups is 1. The molecule has 0 saturated heterocycles. The van der Waals surface area contributed by atoms with Gasteiger partial charge >= 0.3 is 0 Å². The summed E-state index contributed by atoms with van der Waals surface area (Å²) in [7, 11) is 1.57. The fourth-order valence-electron chi connectivity index (χ4n) is 1.42. The van der Waals surface area contributed by atoms with Gasteiger partial charge in [-0.15, -0.1) is 0 Å². The molecule has 0 aliphatic heterocycles. The highest BCUT2D eigenvalue weighted by Gasteiger charge is 2.11. The molecular formula is C13H21NO3. The maximum absolute atomic E-state index is 9.83. The third kappa shape index (κ3) is 4.24. The SMILES string of the molecule is COc1ccc(C(C)NOCC(C)C)c(O)c1. The molecule has 0 amide bonds. The van der Waals surface area contributed by atoms with Gasteiger partial charge in [0.2, 0.25) is 0 Å². The molecular weight excluding hydrogens is 218 g/mol. The Morgan fingerprint density at radius 1 is 1.29 bits per heavy atom. The van der Waals surface area contributed by atoms with E-state index in [4.69, 9.17) is 9.57 Å². The summed E-state index contributed by atoms with van der Waals surface area (Å²) in [5, 5.41) is 9.83. The number of hydroxylamine groups is 1. The van der Waals surface area contributed by atoms with Crippen LogP contribution in [0.25, 0.3) is 0 Å². The molecule has 1 aromatic rings. The number of phenolic OH excluding ortho intramolecular Hbond substituents is 1. The number of hydrogen-bond acceptors (Lipinski definition) is 4. The zero-order valence-corrected chi connectivity index (χ0v) is 10.9. The Bertz CT molecular complexity index is 353. The molecule has 0 radical (unpaired) electrons. The summed E-state index contributed by atoms with van der Waals surface area (Å²) in [6.07, 6.45) is 0. The highest BCUT2D eigenvalue weighted by Crippen LogP contribution is 2.28. The van der Waals surface area contributed by atoms with Crippen molar-refractivity contribution in [3.8, 4) is 11.5 Å². The predicted molar refractivity (Wildman–Crippen MR) is 67.0 cm³/mol. The van der Waals surface area contributed by atoms with Gasteiger partial charge in [0.05, 0.1) is 19.8 Å². The second-order valence-electron chi connectivity index (χ2n) is 4.47. The number of ether oxygens (including phenoxy) is 1. The van der Waals surface area contributed by atoms with Gasteiger partial charge in [0.25, 0.3) is 0 Å². The lowest BCUT2D eigenvalue weighted by Crippen LogP contribution is -2.21. The molecule has 1 unspecified atom stereocenters. The van der Waals surface area contributed by atoms with Crippen LogP contribution in [0.3, 0.4) is 0 Å². The Hall–Kier alpha value is -1.26. The number of methoxy groups -OCH3 is 1. The van der Waals surface area contributed by atoms with E-state index in [0.717, 1.165) is 5.56 Å². The Morgan fingerprint density at radius 3 is 2.53 bits per heavy atom. The van der Waals surface area contributed by atoms with E-state index in [0.29, 0.717) is 18.3 Å². The molecule has 0 heterocycles. The highest BCUT2D eigenvalue weighted by atomic mass is 16.6. The molecule has 0 bridgehead atoms. The van der Waals surface area contributed by atoms with Crippen LogP contribution in [0.2, 0.25) is 0 Å². The van der Waals surface area contributed by atoms with Gasteiger partial charge in [-0.1, -0.05) is 19.9 Å². The van der Waals surface area contributed by atoms with Crippen molar-refractivity contribution < 1.29 is 14.7 Å². The van der Waals surface area contributed by atoms with Crippen molar-refractivity contribution in [3.63, 3.8) is 0 Å². The van der Waals surface area contributed by atoms with E-state index in [1.807, 2.05) is 19.1 Å². The van der Waals surface area contributed by atoms with Crippen LogP contribution < -0.4 is 10.2 Å². The summed E-state index contributed by atoms with van der Waals surface area (Å²) >= 11 is 0. The van der Waals surface area contributed by atoms with Gasteiger partial charge < -0.3 is 14.7 Å². The molecule has 1 aromatic carbocycles. The second kappa shape index (κ2) is 6.47. The van der Waals surface area contributed by atoms with Crippen LogP contribution in [0.4, 0.5) is 0 Å². The third-order valence-electron chi connectivity index (χ3n) is 2.38. The number of phenols is 1. The normalized spacial score (nSPS) is 12.8. The van der Waals surface area contributed by atoms with Crippen molar-refractivity contribution in [2.24, 2.45) is 5.92 Å². The van der Waals surface area contributed by atoms with E-state index in [1.165, 1.54) is 0 Å². The van der Waals surface area contributed by atoms with Crippen LogP contribution in [0, 0.1) is 5.92 Å². The van der Waals surface area contributed by atoms with E-state index in [9.17, 15) is 5.11 Å². The number of nitrogens with one attached hydrogen (secondary N) is 1. The molecule has 17 heavy (non-hydrogen) atoms. The van der Waals surface area contributed by atoms with Crippen LogP contribution in [0.1, 0.15) is 32.4 Å². The molecule has 1 rings (SSSR count). The minimum atomic E-state index is -0.0698. The maximum Gasteiger partial charge on any atom is 0.124 e. The molecule has 0 fully saturated rings. The average molecular weight is 239 g/mol. The third-order valence-corrected chi connectivity index (χ3v) is 2.38. The van der Waals surface area contributed by atoms with E-state index in [-0.39, 0.29) is 11.8 Å².